The Morgan fingerprint density at radius 2 is 2.12 bits per heavy atom. The Balaban J connectivity index is 2.21. The molecule has 0 aliphatic carbocycles. The maximum absolute atomic E-state index is 5.91. The third-order valence-corrected chi connectivity index (χ3v) is 3.60. The van der Waals surface area contributed by atoms with Crippen LogP contribution in [-0.2, 0) is 4.74 Å². The number of piperidine rings is 1. The molecule has 0 bridgehead atoms. The Labute approximate surface area is 104 Å². The maximum Gasteiger partial charge on any atom is 0.0825 e. The number of methoxy groups -OCH3 is 1. The lowest BCUT2D eigenvalue weighted by Gasteiger charge is -2.40. The van der Waals surface area contributed by atoms with Crippen LogP contribution in [-0.4, -0.2) is 25.8 Å². The van der Waals surface area contributed by atoms with Gasteiger partial charge < -0.3 is 15.4 Å². The van der Waals surface area contributed by atoms with Crippen LogP contribution in [0.15, 0.2) is 18.2 Å². The largest absolute Gasteiger partial charge is 0.399 e. The Morgan fingerprint density at radius 1 is 1.35 bits per heavy atom. The summed E-state index contributed by atoms with van der Waals surface area (Å²) in [6.07, 6.45) is 2.29. The fourth-order valence-corrected chi connectivity index (χ4v) is 2.57. The van der Waals surface area contributed by atoms with Gasteiger partial charge in [-0.15, -0.1) is 0 Å². The fourth-order valence-electron chi connectivity index (χ4n) is 2.57. The van der Waals surface area contributed by atoms with E-state index in [2.05, 4.69) is 30.9 Å². The van der Waals surface area contributed by atoms with Gasteiger partial charge in [0.2, 0.25) is 0 Å². The molecule has 1 atom stereocenters. The minimum absolute atomic E-state index is 0.0310. The van der Waals surface area contributed by atoms with Crippen molar-refractivity contribution >= 4 is 11.4 Å². The number of nitrogen functional groups attached to an aromatic ring is 1. The van der Waals surface area contributed by atoms with Crippen molar-refractivity contribution in [2.75, 3.05) is 30.8 Å². The highest BCUT2D eigenvalue weighted by Gasteiger charge is 2.30. The van der Waals surface area contributed by atoms with Crippen LogP contribution in [0.3, 0.4) is 0 Å². The lowest BCUT2D eigenvalue weighted by molar-refractivity contribution is -0.00465. The molecule has 0 radical (unpaired) electrons. The molecule has 0 aromatic heterocycles. The second kappa shape index (κ2) is 4.57. The first kappa shape index (κ1) is 12.2. The molecular weight excluding hydrogens is 212 g/mol. The number of hydrogen-bond acceptors (Lipinski definition) is 3. The lowest BCUT2D eigenvalue weighted by atomic mass is 9.94. The molecule has 1 unspecified atom stereocenters. The summed E-state index contributed by atoms with van der Waals surface area (Å²) in [5.74, 6) is 0. The molecule has 1 aromatic carbocycles. The van der Waals surface area contributed by atoms with E-state index >= 15 is 0 Å². The van der Waals surface area contributed by atoms with E-state index in [9.17, 15) is 0 Å². The van der Waals surface area contributed by atoms with E-state index in [1.54, 1.807) is 7.11 Å². The molecule has 17 heavy (non-hydrogen) atoms. The number of benzene rings is 1. The zero-order valence-corrected chi connectivity index (χ0v) is 11.0. The predicted molar refractivity (Wildman–Crippen MR) is 72.5 cm³/mol. The van der Waals surface area contributed by atoms with Crippen molar-refractivity contribution in [3.63, 3.8) is 0 Å². The molecule has 2 rings (SSSR count). The monoisotopic (exact) mass is 234 g/mol. The van der Waals surface area contributed by atoms with E-state index in [1.807, 2.05) is 6.07 Å². The first-order valence-electron chi connectivity index (χ1n) is 6.20. The minimum atomic E-state index is -0.0310. The zero-order valence-electron chi connectivity index (χ0n) is 11.0. The summed E-state index contributed by atoms with van der Waals surface area (Å²) >= 11 is 0. The van der Waals surface area contributed by atoms with Gasteiger partial charge in [-0.05, 0) is 50.5 Å². The molecule has 1 fully saturated rings. The van der Waals surface area contributed by atoms with Gasteiger partial charge in [0.1, 0.15) is 0 Å². The summed E-state index contributed by atoms with van der Waals surface area (Å²) in [5.41, 5.74) is 9.14. The van der Waals surface area contributed by atoms with Gasteiger partial charge in [0.25, 0.3) is 0 Å². The Bertz CT molecular complexity index is 385. The third-order valence-electron chi connectivity index (χ3n) is 3.60. The number of aryl methyl sites for hydroxylation is 1. The van der Waals surface area contributed by atoms with Crippen LogP contribution >= 0.6 is 0 Å². The van der Waals surface area contributed by atoms with Gasteiger partial charge in [-0.25, -0.2) is 0 Å². The molecule has 0 saturated carbocycles. The van der Waals surface area contributed by atoms with E-state index in [0.29, 0.717) is 0 Å². The van der Waals surface area contributed by atoms with Gasteiger partial charge in [0.15, 0.2) is 0 Å². The second-order valence-corrected chi connectivity index (χ2v) is 5.28. The van der Waals surface area contributed by atoms with E-state index in [4.69, 9.17) is 10.5 Å². The number of hydrogen-bond donors (Lipinski definition) is 1. The Kier molecular flexibility index (Phi) is 3.29. The summed E-state index contributed by atoms with van der Waals surface area (Å²) in [6, 6.07) is 6.25. The summed E-state index contributed by atoms with van der Waals surface area (Å²) in [5, 5.41) is 0. The first-order valence-corrected chi connectivity index (χ1v) is 6.20. The number of ether oxygens (including phenoxy) is 1. The standard InChI is InChI=1S/C14H22N2O/c1-11-7-12(15)9-13(8-11)16-6-4-5-14(2,10-16)17-3/h7-9H,4-6,10,15H2,1-3H3. The van der Waals surface area contributed by atoms with Crippen molar-refractivity contribution in [2.24, 2.45) is 0 Å². The summed E-state index contributed by atoms with van der Waals surface area (Å²) < 4.78 is 5.62. The molecule has 1 aliphatic heterocycles. The van der Waals surface area contributed by atoms with Gasteiger partial charge in [-0.3, -0.25) is 0 Å². The van der Waals surface area contributed by atoms with E-state index in [1.165, 1.54) is 11.3 Å². The average molecular weight is 234 g/mol. The third kappa shape index (κ3) is 2.72. The number of rotatable bonds is 2. The molecule has 1 heterocycles. The molecule has 94 valence electrons. The number of nitrogens with two attached hydrogens (primary N) is 1. The molecule has 1 aliphatic rings. The van der Waals surface area contributed by atoms with E-state index in [-0.39, 0.29) is 5.60 Å². The van der Waals surface area contributed by atoms with Crippen molar-refractivity contribution in [1.82, 2.24) is 0 Å². The van der Waals surface area contributed by atoms with E-state index < -0.39 is 0 Å². The predicted octanol–water partition coefficient (Wildman–Crippen LogP) is 2.58. The van der Waals surface area contributed by atoms with Crippen LogP contribution in [0.5, 0.6) is 0 Å². The second-order valence-electron chi connectivity index (χ2n) is 5.28. The minimum Gasteiger partial charge on any atom is -0.399 e. The summed E-state index contributed by atoms with van der Waals surface area (Å²) in [7, 11) is 1.80. The Morgan fingerprint density at radius 3 is 2.76 bits per heavy atom. The molecular formula is C14H22N2O. The number of nitrogens with zero attached hydrogens (tertiary/aromatic N) is 1. The molecule has 1 aromatic rings. The van der Waals surface area contributed by atoms with Crippen LogP contribution < -0.4 is 10.6 Å². The van der Waals surface area contributed by atoms with Crippen LogP contribution in [0.25, 0.3) is 0 Å². The van der Waals surface area contributed by atoms with Gasteiger partial charge in [0.05, 0.1) is 5.60 Å². The highest BCUT2D eigenvalue weighted by Crippen LogP contribution is 2.29. The highest BCUT2D eigenvalue weighted by molar-refractivity contribution is 5.58. The van der Waals surface area contributed by atoms with Crippen molar-refractivity contribution < 1.29 is 4.74 Å². The van der Waals surface area contributed by atoms with Gasteiger partial charge in [-0.1, -0.05) is 0 Å². The summed E-state index contributed by atoms with van der Waals surface area (Å²) in [6.45, 7) is 6.28. The SMILES string of the molecule is COC1(C)CCCN(c2cc(C)cc(N)c2)C1. The zero-order chi connectivity index (χ0) is 12.5. The lowest BCUT2D eigenvalue weighted by Crippen LogP contribution is -2.47. The highest BCUT2D eigenvalue weighted by atomic mass is 16.5. The van der Waals surface area contributed by atoms with Crippen molar-refractivity contribution in [2.45, 2.75) is 32.3 Å². The quantitative estimate of drug-likeness (QED) is 0.799. The topological polar surface area (TPSA) is 38.5 Å². The molecule has 1 saturated heterocycles. The molecule has 3 nitrogen and oxygen atoms in total. The van der Waals surface area contributed by atoms with Crippen LogP contribution in [0.1, 0.15) is 25.3 Å². The van der Waals surface area contributed by atoms with Gasteiger partial charge in [-0.2, -0.15) is 0 Å². The molecule has 2 N–H and O–H groups in total. The Hall–Kier alpha value is -1.22. The van der Waals surface area contributed by atoms with Crippen molar-refractivity contribution in [3.05, 3.63) is 23.8 Å². The first-order chi connectivity index (χ1) is 8.02. The fraction of sp³-hybridized carbons (Fsp3) is 0.571. The van der Waals surface area contributed by atoms with Crippen molar-refractivity contribution in [1.29, 1.82) is 0 Å². The van der Waals surface area contributed by atoms with Gasteiger partial charge >= 0.3 is 0 Å². The summed E-state index contributed by atoms with van der Waals surface area (Å²) in [4.78, 5) is 2.37. The van der Waals surface area contributed by atoms with Crippen molar-refractivity contribution in [3.8, 4) is 0 Å². The van der Waals surface area contributed by atoms with Crippen LogP contribution in [0.4, 0.5) is 11.4 Å². The number of anilines is 2. The van der Waals surface area contributed by atoms with Crippen LogP contribution in [0.2, 0.25) is 0 Å². The smallest absolute Gasteiger partial charge is 0.0825 e. The normalized spacial score (nSPS) is 25.0. The average Bonchev–Trinajstić information content (AvgIpc) is 2.28. The van der Waals surface area contributed by atoms with Crippen LogP contribution in [0, 0.1) is 6.92 Å². The molecule has 3 heteroatoms. The van der Waals surface area contributed by atoms with Gasteiger partial charge in [0, 0.05) is 31.6 Å². The van der Waals surface area contributed by atoms with E-state index in [0.717, 1.165) is 31.6 Å². The maximum atomic E-state index is 5.91. The molecule has 0 amide bonds. The molecule has 0 spiro atoms.